The van der Waals surface area contributed by atoms with Gasteiger partial charge in [0, 0.05) is 5.02 Å². The summed E-state index contributed by atoms with van der Waals surface area (Å²) in [7, 11) is 0. The number of nitrogens with one attached hydrogen (secondary N) is 2. The van der Waals surface area contributed by atoms with Crippen LogP contribution >= 0.6 is 11.6 Å². The van der Waals surface area contributed by atoms with Crippen LogP contribution < -0.4 is 20.1 Å². The second-order valence-corrected chi connectivity index (χ2v) is 8.09. The third kappa shape index (κ3) is 7.53. The lowest BCUT2D eigenvalue weighted by Gasteiger charge is -2.23. The summed E-state index contributed by atoms with van der Waals surface area (Å²) in [6.45, 7) is 1.26. The molecule has 2 aromatic rings. The molecule has 1 unspecified atom stereocenters. The monoisotopic (exact) mass is 499 g/mol. The van der Waals surface area contributed by atoms with E-state index in [1.165, 1.54) is 6.07 Å². The minimum atomic E-state index is -4.50. The molecule has 0 aliphatic carbocycles. The summed E-state index contributed by atoms with van der Waals surface area (Å²) in [5.41, 5.74) is 0.323. The van der Waals surface area contributed by atoms with Crippen molar-refractivity contribution in [3.05, 3.63) is 47.5 Å². The number of alkyl halides is 3. The van der Waals surface area contributed by atoms with Crippen LogP contribution in [-0.2, 0) is 9.59 Å². The van der Waals surface area contributed by atoms with Crippen LogP contribution in [0.1, 0.15) is 19.8 Å². The summed E-state index contributed by atoms with van der Waals surface area (Å²) >= 11 is 6.09. The van der Waals surface area contributed by atoms with Gasteiger partial charge in [0.05, 0.1) is 24.9 Å². The van der Waals surface area contributed by atoms with Gasteiger partial charge in [-0.1, -0.05) is 11.6 Å². The largest absolute Gasteiger partial charge is 0.494 e. The van der Waals surface area contributed by atoms with Crippen molar-refractivity contribution in [3.8, 4) is 17.2 Å². The molecule has 0 aromatic heterocycles. The number of hydrogen-bond donors (Lipinski definition) is 2. The zero-order valence-corrected chi connectivity index (χ0v) is 19.2. The maximum atomic E-state index is 12.7. The maximum absolute atomic E-state index is 12.7. The standard InChI is InChI=1S/C23H25ClF3N3O4/c1-2-33-16-6-8-17(9-7-16)34-20-10-5-15(24)12-18(20)29-21(31)13-30-11-3-4-19(30)22(32)28-14-23(25,26)27/h5-10,12,19H,2-4,11,13-14H2,1H3,(H,28,32)(H,29,31). The van der Waals surface area contributed by atoms with Crippen molar-refractivity contribution in [3.63, 3.8) is 0 Å². The van der Waals surface area contributed by atoms with Gasteiger partial charge in [0.1, 0.15) is 18.0 Å². The summed E-state index contributed by atoms with van der Waals surface area (Å²) in [6.07, 6.45) is -3.52. The molecule has 0 saturated carbocycles. The fourth-order valence-corrected chi connectivity index (χ4v) is 3.75. The molecule has 0 radical (unpaired) electrons. The Bertz CT molecular complexity index is 1000. The maximum Gasteiger partial charge on any atom is 0.405 e. The first-order valence-electron chi connectivity index (χ1n) is 10.7. The van der Waals surface area contributed by atoms with Crippen LogP contribution in [0.4, 0.5) is 18.9 Å². The van der Waals surface area contributed by atoms with Gasteiger partial charge in [-0.3, -0.25) is 14.5 Å². The molecule has 1 aliphatic heterocycles. The molecule has 34 heavy (non-hydrogen) atoms. The normalized spacial score (nSPS) is 16.2. The fraction of sp³-hybridized carbons (Fsp3) is 0.391. The zero-order valence-electron chi connectivity index (χ0n) is 18.5. The van der Waals surface area contributed by atoms with Crippen LogP contribution in [0.2, 0.25) is 5.02 Å². The molecule has 184 valence electrons. The Morgan fingerprint density at radius 1 is 1.15 bits per heavy atom. The molecule has 3 rings (SSSR count). The lowest BCUT2D eigenvalue weighted by molar-refractivity contribution is -0.141. The molecule has 11 heteroatoms. The summed E-state index contributed by atoms with van der Waals surface area (Å²) in [5.74, 6) is 0.364. The zero-order chi connectivity index (χ0) is 24.7. The molecule has 1 aliphatic rings. The third-order valence-corrected chi connectivity index (χ3v) is 5.29. The quantitative estimate of drug-likeness (QED) is 0.526. The Morgan fingerprint density at radius 3 is 2.53 bits per heavy atom. The smallest absolute Gasteiger partial charge is 0.405 e. The molecular weight excluding hydrogens is 475 g/mol. The van der Waals surface area contributed by atoms with Crippen LogP contribution in [0.5, 0.6) is 17.2 Å². The van der Waals surface area contributed by atoms with Gasteiger partial charge in [0.15, 0.2) is 5.75 Å². The number of carbonyl (C=O) groups is 2. The number of nitrogens with zero attached hydrogens (tertiary/aromatic N) is 1. The van der Waals surface area contributed by atoms with Crippen molar-refractivity contribution >= 4 is 29.1 Å². The Balaban J connectivity index is 1.64. The molecule has 1 heterocycles. The van der Waals surface area contributed by atoms with Crippen LogP contribution in [0, 0.1) is 0 Å². The minimum absolute atomic E-state index is 0.168. The van der Waals surface area contributed by atoms with Crippen LogP contribution in [0.3, 0.4) is 0 Å². The number of benzene rings is 2. The lowest BCUT2D eigenvalue weighted by Crippen LogP contribution is -2.47. The first-order valence-corrected chi connectivity index (χ1v) is 11.1. The third-order valence-electron chi connectivity index (χ3n) is 5.05. The van der Waals surface area contributed by atoms with Crippen LogP contribution in [-0.4, -0.2) is 55.2 Å². The number of anilines is 1. The first-order chi connectivity index (χ1) is 16.1. The Kier molecular flexibility index (Phi) is 8.62. The molecular formula is C23H25ClF3N3O4. The van der Waals surface area contributed by atoms with Crippen molar-refractivity contribution < 1.29 is 32.2 Å². The molecule has 2 N–H and O–H groups in total. The van der Waals surface area contributed by atoms with E-state index in [1.54, 1.807) is 41.3 Å². The van der Waals surface area contributed by atoms with Crippen LogP contribution in [0.15, 0.2) is 42.5 Å². The summed E-state index contributed by atoms with van der Waals surface area (Å²) < 4.78 is 48.5. The van der Waals surface area contributed by atoms with E-state index in [4.69, 9.17) is 21.1 Å². The topological polar surface area (TPSA) is 79.9 Å². The lowest BCUT2D eigenvalue weighted by atomic mass is 10.2. The minimum Gasteiger partial charge on any atom is -0.494 e. The van der Waals surface area contributed by atoms with E-state index < -0.39 is 30.6 Å². The highest BCUT2D eigenvalue weighted by Crippen LogP contribution is 2.33. The van der Waals surface area contributed by atoms with E-state index in [1.807, 2.05) is 12.2 Å². The summed E-state index contributed by atoms with van der Waals surface area (Å²) in [6, 6.07) is 10.9. The molecule has 0 bridgehead atoms. The first kappa shape index (κ1) is 25.6. The summed E-state index contributed by atoms with van der Waals surface area (Å²) in [4.78, 5) is 26.4. The number of hydrogen-bond acceptors (Lipinski definition) is 5. The average molecular weight is 500 g/mol. The number of ether oxygens (including phenoxy) is 2. The van der Waals surface area contributed by atoms with Gasteiger partial charge in [-0.2, -0.15) is 13.2 Å². The van der Waals surface area contributed by atoms with E-state index in [9.17, 15) is 22.8 Å². The molecule has 2 aromatic carbocycles. The highest BCUT2D eigenvalue weighted by atomic mass is 35.5. The van der Waals surface area contributed by atoms with Crippen LogP contribution in [0.25, 0.3) is 0 Å². The van der Waals surface area contributed by atoms with Crippen molar-refractivity contribution in [1.82, 2.24) is 10.2 Å². The predicted molar refractivity (Wildman–Crippen MR) is 121 cm³/mol. The molecule has 7 nitrogen and oxygen atoms in total. The Morgan fingerprint density at radius 2 is 1.85 bits per heavy atom. The number of likely N-dealkylation sites (tertiary alicyclic amines) is 1. The second-order valence-electron chi connectivity index (χ2n) is 7.66. The van der Waals surface area contributed by atoms with Gasteiger partial charge in [-0.25, -0.2) is 0 Å². The average Bonchev–Trinajstić information content (AvgIpc) is 3.23. The number of carbonyl (C=O) groups excluding carboxylic acids is 2. The van der Waals surface area contributed by atoms with Gasteiger partial charge >= 0.3 is 6.18 Å². The predicted octanol–water partition coefficient (Wildman–Crippen LogP) is 4.61. The van der Waals surface area contributed by atoms with Gasteiger partial charge in [-0.15, -0.1) is 0 Å². The van der Waals surface area contributed by atoms with E-state index >= 15 is 0 Å². The van der Waals surface area contributed by atoms with Gasteiger partial charge in [0.2, 0.25) is 11.8 Å². The highest BCUT2D eigenvalue weighted by molar-refractivity contribution is 6.31. The molecule has 1 saturated heterocycles. The summed E-state index contributed by atoms with van der Waals surface area (Å²) in [5, 5.41) is 4.98. The SMILES string of the molecule is CCOc1ccc(Oc2ccc(Cl)cc2NC(=O)CN2CCCC2C(=O)NCC(F)(F)F)cc1. The number of amides is 2. The van der Waals surface area contributed by atoms with Crippen molar-refractivity contribution in [2.75, 3.05) is 31.6 Å². The van der Waals surface area contributed by atoms with Gasteiger partial charge < -0.3 is 20.1 Å². The second kappa shape index (κ2) is 11.4. The number of rotatable bonds is 9. The van der Waals surface area contributed by atoms with Gasteiger partial charge in [0.25, 0.3) is 0 Å². The van der Waals surface area contributed by atoms with E-state index in [2.05, 4.69) is 5.32 Å². The van der Waals surface area contributed by atoms with Crippen molar-refractivity contribution in [2.45, 2.75) is 32.0 Å². The Labute approximate surface area is 200 Å². The van der Waals surface area contributed by atoms with E-state index in [-0.39, 0.29) is 6.54 Å². The Hall–Kier alpha value is -2.98. The molecule has 0 spiro atoms. The number of halogens is 4. The molecule has 1 fully saturated rings. The molecule has 2 amide bonds. The fourth-order valence-electron chi connectivity index (χ4n) is 3.58. The van der Waals surface area contributed by atoms with Gasteiger partial charge in [-0.05, 0) is 68.8 Å². The van der Waals surface area contributed by atoms with Crippen molar-refractivity contribution in [2.24, 2.45) is 0 Å². The van der Waals surface area contributed by atoms with Crippen molar-refractivity contribution in [1.29, 1.82) is 0 Å². The van der Waals surface area contributed by atoms with E-state index in [0.29, 0.717) is 54.0 Å². The molecule has 1 atom stereocenters. The highest BCUT2D eigenvalue weighted by Gasteiger charge is 2.34. The van der Waals surface area contributed by atoms with E-state index in [0.717, 1.165) is 0 Å².